The molecule has 0 spiro atoms. The Morgan fingerprint density at radius 3 is 1.66 bits per heavy atom. The molecular formula is C40H27F6NO3. The van der Waals surface area contributed by atoms with Crippen LogP contribution in [0.25, 0.3) is 17.2 Å². The maximum Gasteiger partial charge on any atom is 0.344 e. The Balaban J connectivity index is 1.50. The van der Waals surface area contributed by atoms with Crippen molar-refractivity contribution in [1.29, 1.82) is 0 Å². The van der Waals surface area contributed by atoms with Crippen LogP contribution in [-0.2, 0) is 5.41 Å². The zero-order valence-corrected chi connectivity index (χ0v) is 26.6. The lowest BCUT2D eigenvalue weighted by Crippen LogP contribution is -2.28. The van der Waals surface area contributed by atoms with Crippen LogP contribution in [-0.4, -0.2) is 19.9 Å². The molecular weight excluding hydrogens is 656 g/mol. The van der Waals surface area contributed by atoms with Crippen LogP contribution in [0.4, 0.5) is 32.0 Å². The number of hydrogen-bond acceptors (Lipinski definition) is 4. The van der Waals surface area contributed by atoms with E-state index >= 15 is 0 Å². The third-order valence-electron chi connectivity index (χ3n) is 8.45. The minimum atomic E-state index is -2.61. The fraction of sp³-hybridized carbons (Fsp3) is 0.0750. The van der Waals surface area contributed by atoms with Gasteiger partial charge in [0.2, 0.25) is 0 Å². The second-order valence-electron chi connectivity index (χ2n) is 11.6. The van der Waals surface area contributed by atoms with Crippen molar-refractivity contribution in [1.82, 2.24) is 0 Å². The number of carbonyl (C=O) groups excluding carboxylic acids is 1. The summed E-state index contributed by atoms with van der Waals surface area (Å²) < 4.78 is 87.7. The van der Waals surface area contributed by atoms with Crippen molar-refractivity contribution in [3.05, 3.63) is 179 Å². The summed E-state index contributed by atoms with van der Waals surface area (Å²) in [6, 6.07) is 28.1. The predicted molar refractivity (Wildman–Crippen MR) is 180 cm³/mol. The highest BCUT2D eigenvalue weighted by molar-refractivity contribution is 6.07. The summed E-state index contributed by atoms with van der Waals surface area (Å²) >= 11 is 0. The highest BCUT2D eigenvalue weighted by Gasteiger charge is 2.46. The van der Waals surface area contributed by atoms with Gasteiger partial charge in [0, 0.05) is 25.3 Å². The third kappa shape index (κ3) is 6.39. The van der Waals surface area contributed by atoms with Gasteiger partial charge in [-0.05, 0) is 87.5 Å². The van der Waals surface area contributed by atoms with Gasteiger partial charge >= 0.3 is 24.2 Å². The average molecular weight is 684 g/mol. The molecule has 0 saturated heterocycles. The molecule has 0 aromatic heterocycles. The molecule has 0 bridgehead atoms. The number of benzene rings is 5. The minimum Gasteiger partial charge on any atom is -0.428 e. The van der Waals surface area contributed by atoms with E-state index in [0.29, 0.717) is 22.3 Å². The molecule has 1 aliphatic carbocycles. The lowest BCUT2D eigenvalue weighted by atomic mass is 9.67. The molecule has 5 aromatic carbocycles. The first-order valence-electron chi connectivity index (χ1n) is 15.2. The molecule has 0 amide bonds. The highest BCUT2D eigenvalue weighted by atomic mass is 19.3. The Morgan fingerprint density at radius 2 is 1.14 bits per heavy atom. The molecule has 50 heavy (non-hydrogen) atoms. The van der Waals surface area contributed by atoms with Crippen LogP contribution < -0.4 is 14.4 Å². The van der Waals surface area contributed by atoms with Crippen LogP contribution in [0.15, 0.2) is 146 Å². The maximum atomic E-state index is 13.6. The number of ketones is 1. The van der Waals surface area contributed by atoms with E-state index in [1.54, 1.807) is 42.5 Å². The van der Waals surface area contributed by atoms with Crippen molar-refractivity contribution >= 4 is 17.5 Å². The lowest BCUT2D eigenvalue weighted by molar-refractivity contribution is 0.104. The molecule has 0 aliphatic heterocycles. The summed E-state index contributed by atoms with van der Waals surface area (Å²) in [6.07, 6.45) is -2.02. The Bertz CT molecular complexity index is 2080. The van der Waals surface area contributed by atoms with Crippen LogP contribution in [0.5, 0.6) is 11.5 Å². The molecule has 4 nitrogen and oxygen atoms in total. The fourth-order valence-electron chi connectivity index (χ4n) is 6.20. The normalized spacial score (nSPS) is 12.6. The highest BCUT2D eigenvalue weighted by Crippen LogP contribution is 2.56. The monoisotopic (exact) mass is 683 g/mol. The number of nitrogens with zero attached hydrogens (tertiary/aromatic N) is 1. The Kier molecular flexibility index (Phi) is 9.37. The predicted octanol–water partition coefficient (Wildman–Crippen LogP) is 10.8. The van der Waals surface area contributed by atoms with Gasteiger partial charge in [0.05, 0.1) is 5.41 Å². The first-order valence-corrected chi connectivity index (χ1v) is 15.2. The Hall–Kier alpha value is -6.03. The third-order valence-corrected chi connectivity index (χ3v) is 8.45. The van der Waals surface area contributed by atoms with Crippen molar-refractivity contribution in [3.63, 3.8) is 0 Å². The van der Waals surface area contributed by atoms with E-state index in [-0.39, 0.29) is 17.3 Å². The van der Waals surface area contributed by atoms with Gasteiger partial charge in [-0.2, -0.15) is 26.3 Å². The van der Waals surface area contributed by atoms with E-state index in [0.717, 1.165) is 27.9 Å². The van der Waals surface area contributed by atoms with E-state index in [9.17, 15) is 31.1 Å². The molecule has 0 atom stereocenters. The summed E-state index contributed by atoms with van der Waals surface area (Å²) in [6.45, 7) is 0. The van der Waals surface area contributed by atoms with E-state index in [1.165, 1.54) is 30.3 Å². The molecule has 10 heteroatoms. The smallest absolute Gasteiger partial charge is 0.344 e. The number of hydrogen-bond donors (Lipinski definition) is 0. The molecule has 0 N–H and O–H groups in total. The van der Waals surface area contributed by atoms with Gasteiger partial charge in [-0.25, -0.2) is 0 Å². The molecule has 0 saturated carbocycles. The zero-order chi connectivity index (χ0) is 35.6. The Morgan fingerprint density at radius 1 is 0.620 bits per heavy atom. The molecule has 0 fully saturated rings. The van der Waals surface area contributed by atoms with Gasteiger partial charge in [-0.1, -0.05) is 78.9 Å². The van der Waals surface area contributed by atoms with E-state index in [1.807, 2.05) is 73.6 Å². The lowest BCUT2D eigenvalue weighted by Gasteiger charge is -2.34. The quantitative estimate of drug-likeness (QED) is 0.0624. The minimum absolute atomic E-state index is 0.187. The van der Waals surface area contributed by atoms with Crippen LogP contribution in [0.1, 0.15) is 38.2 Å². The number of anilines is 1. The van der Waals surface area contributed by atoms with Crippen molar-refractivity contribution in [2.24, 2.45) is 0 Å². The largest absolute Gasteiger partial charge is 0.428 e. The molecule has 1 aliphatic rings. The number of carbonyl (C=O) groups is 1. The topological polar surface area (TPSA) is 38.8 Å². The van der Waals surface area contributed by atoms with Gasteiger partial charge in [0.15, 0.2) is 5.78 Å². The number of halogens is 6. The van der Waals surface area contributed by atoms with Gasteiger partial charge in [-0.3, -0.25) is 4.79 Å². The SMILES string of the molecule is CN(C)c1ccc(C=CC(=O)c2ccc3c(c2)C(c2ccc(OC(F)=C(F)F)cc2)(c2ccc(OC(F)=C(F)F)cc2)c2ccccc2-3)cc1. The van der Waals surface area contributed by atoms with Crippen molar-refractivity contribution in [3.8, 4) is 22.6 Å². The summed E-state index contributed by atoms with van der Waals surface area (Å²) in [4.78, 5) is 15.6. The molecule has 6 rings (SSSR count). The van der Waals surface area contributed by atoms with Crippen LogP contribution in [0, 0.1) is 0 Å². The van der Waals surface area contributed by atoms with E-state index < -0.39 is 29.6 Å². The first-order chi connectivity index (χ1) is 24.0. The summed E-state index contributed by atoms with van der Waals surface area (Å²) in [7, 11) is 3.86. The zero-order valence-electron chi connectivity index (χ0n) is 26.6. The van der Waals surface area contributed by atoms with E-state index in [4.69, 9.17) is 0 Å². The van der Waals surface area contributed by atoms with Gasteiger partial charge < -0.3 is 14.4 Å². The van der Waals surface area contributed by atoms with Crippen molar-refractivity contribution in [2.45, 2.75) is 5.41 Å². The maximum absolute atomic E-state index is 13.6. The van der Waals surface area contributed by atoms with Crippen LogP contribution in [0.3, 0.4) is 0 Å². The summed E-state index contributed by atoms with van der Waals surface area (Å²) in [5, 5.41) is 0. The first kappa shape index (κ1) is 33.9. The second-order valence-corrected chi connectivity index (χ2v) is 11.6. The van der Waals surface area contributed by atoms with Gasteiger partial charge in [-0.15, -0.1) is 0 Å². The van der Waals surface area contributed by atoms with Crippen molar-refractivity contribution < 1.29 is 40.6 Å². The van der Waals surface area contributed by atoms with Gasteiger partial charge in [0.1, 0.15) is 11.5 Å². The number of allylic oxidation sites excluding steroid dienone is 1. The van der Waals surface area contributed by atoms with Crippen LogP contribution in [0.2, 0.25) is 0 Å². The Labute approximate surface area is 283 Å². The average Bonchev–Trinajstić information content (AvgIpc) is 3.41. The van der Waals surface area contributed by atoms with Crippen molar-refractivity contribution in [2.75, 3.05) is 19.0 Å². The van der Waals surface area contributed by atoms with E-state index in [2.05, 4.69) is 9.47 Å². The summed E-state index contributed by atoms with van der Waals surface area (Å²) in [5.74, 6) is -0.645. The molecule has 0 heterocycles. The standard InChI is InChI=1S/C40H27F6NO3/c1-47(2)28-15-7-24(8-16-28)9-22-35(48)25-10-21-32-31-5-3-4-6-33(31)40(34(32)23-25,26-11-17-29(18-12-26)49-38(45)36(41)42)27-13-19-30(20-14-27)50-39(46)37(43)44/h3-23H,1-2H3. The molecule has 0 radical (unpaired) electrons. The number of ether oxygens (including phenoxy) is 2. The fourth-order valence-corrected chi connectivity index (χ4v) is 6.20. The summed E-state index contributed by atoms with van der Waals surface area (Å²) in [5.41, 5.74) is 5.28. The second kappa shape index (κ2) is 13.8. The molecule has 252 valence electrons. The number of fused-ring (bicyclic) bond motifs is 3. The molecule has 5 aromatic rings. The van der Waals surface area contributed by atoms with Crippen LogP contribution >= 0.6 is 0 Å². The van der Waals surface area contributed by atoms with Gasteiger partial charge in [0.25, 0.3) is 0 Å². The molecule has 0 unspecified atom stereocenters. The number of rotatable bonds is 10.